The summed E-state index contributed by atoms with van der Waals surface area (Å²) in [6.45, 7) is 6.12. The van der Waals surface area contributed by atoms with Crippen LogP contribution in [0.1, 0.15) is 24.8 Å². The second kappa shape index (κ2) is 7.99. The van der Waals surface area contributed by atoms with E-state index in [1.54, 1.807) is 23.1 Å². The lowest BCUT2D eigenvalue weighted by atomic mass is 9.74. The van der Waals surface area contributed by atoms with Crippen LogP contribution in [0.15, 0.2) is 36.9 Å². The van der Waals surface area contributed by atoms with E-state index in [9.17, 15) is 14.0 Å². The van der Waals surface area contributed by atoms with Crippen molar-refractivity contribution in [2.45, 2.75) is 24.7 Å². The number of hydrogen-bond acceptors (Lipinski definition) is 3. The number of hydrogen-bond donors (Lipinski definition) is 1. The monoisotopic (exact) mass is 360 g/mol. The number of halogens is 1. The van der Waals surface area contributed by atoms with Crippen molar-refractivity contribution in [1.29, 1.82) is 0 Å². The van der Waals surface area contributed by atoms with E-state index in [0.29, 0.717) is 32.8 Å². The Balaban J connectivity index is 1.68. The summed E-state index contributed by atoms with van der Waals surface area (Å²) in [6, 6.07) is 6.58. The molecule has 0 saturated carbocycles. The number of benzene rings is 1. The van der Waals surface area contributed by atoms with Gasteiger partial charge in [0.05, 0.1) is 5.92 Å². The molecule has 0 aromatic heterocycles. The first kappa shape index (κ1) is 18.6. The summed E-state index contributed by atoms with van der Waals surface area (Å²) in [5, 5.41) is 3.01. The summed E-state index contributed by atoms with van der Waals surface area (Å²) in [4.78, 5) is 26.2. The van der Waals surface area contributed by atoms with Crippen molar-refractivity contribution in [2.24, 2.45) is 5.92 Å². The average molecular weight is 360 g/mol. The van der Waals surface area contributed by atoms with E-state index < -0.39 is 0 Å². The van der Waals surface area contributed by atoms with Crippen LogP contribution in [0.3, 0.4) is 0 Å². The number of amides is 2. The largest absolute Gasteiger partial charge is 0.381 e. The SMILES string of the molecule is C=CCN1CC(C(=O)NCC2(c3cccc(F)c3)CCOCC2)CC1=O. The zero-order chi connectivity index (χ0) is 18.6. The van der Waals surface area contributed by atoms with Gasteiger partial charge < -0.3 is 15.0 Å². The van der Waals surface area contributed by atoms with Crippen molar-refractivity contribution in [2.75, 3.05) is 32.8 Å². The molecule has 140 valence electrons. The lowest BCUT2D eigenvalue weighted by Gasteiger charge is -2.38. The molecule has 1 aromatic carbocycles. The highest BCUT2D eigenvalue weighted by Crippen LogP contribution is 2.34. The third-order valence-corrected chi connectivity index (χ3v) is 5.42. The number of nitrogens with one attached hydrogen (secondary N) is 1. The Morgan fingerprint density at radius 3 is 2.88 bits per heavy atom. The fourth-order valence-electron chi connectivity index (χ4n) is 3.83. The average Bonchev–Trinajstić information content (AvgIpc) is 3.02. The quantitative estimate of drug-likeness (QED) is 0.790. The summed E-state index contributed by atoms with van der Waals surface area (Å²) in [5.41, 5.74) is 0.552. The van der Waals surface area contributed by atoms with Crippen molar-refractivity contribution in [1.82, 2.24) is 10.2 Å². The predicted molar refractivity (Wildman–Crippen MR) is 96.0 cm³/mol. The molecule has 2 saturated heterocycles. The maximum Gasteiger partial charge on any atom is 0.225 e. The number of rotatable bonds is 6. The van der Waals surface area contributed by atoms with Gasteiger partial charge >= 0.3 is 0 Å². The third-order valence-electron chi connectivity index (χ3n) is 5.42. The van der Waals surface area contributed by atoms with Crippen LogP contribution in [0.4, 0.5) is 4.39 Å². The topological polar surface area (TPSA) is 58.6 Å². The molecule has 5 nitrogen and oxygen atoms in total. The molecular formula is C20H25FN2O3. The molecule has 0 aliphatic carbocycles. The number of likely N-dealkylation sites (tertiary alicyclic amines) is 1. The van der Waals surface area contributed by atoms with E-state index in [1.165, 1.54) is 6.07 Å². The molecule has 1 aromatic rings. The molecule has 2 fully saturated rings. The molecule has 6 heteroatoms. The summed E-state index contributed by atoms with van der Waals surface area (Å²) in [7, 11) is 0. The Kier molecular flexibility index (Phi) is 5.71. The molecule has 0 spiro atoms. The van der Waals surface area contributed by atoms with Gasteiger partial charge in [0, 0.05) is 44.7 Å². The van der Waals surface area contributed by atoms with Crippen molar-refractivity contribution < 1.29 is 18.7 Å². The standard InChI is InChI=1S/C20H25FN2O3/c1-2-8-23-13-15(11-18(23)24)19(25)22-14-20(6-9-26-10-7-20)16-4-3-5-17(21)12-16/h2-5,12,15H,1,6-11,13-14H2,(H,22,25). The summed E-state index contributed by atoms with van der Waals surface area (Å²) >= 11 is 0. The maximum absolute atomic E-state index is 13.7. The van der Waals surface area contributed by atoms with Crippen LogP contribution < -0.4 is 5.32 Å². The van der Waals surface area contributed by atoms with Crippen LogP contribution in [-0.4, -0.2) is 49.6 Å². The van der Waals surface area contributed by atoms with Gasteiger partial charge in [-0.2, -0.15) is 0 Å². The van der Waals surface area contributed by atoms with Gasteiger partial charge in [0.2, 0.25) is 11.8 Å². The number of nitrogens with zero attached hydrogens (tertiary/aromatic N) is 1. The van der Waals surface area contributed by atoms with Crippen molar-refractivity contribution >= 4 is 11.8 Å². The van der Waals surface area contributed by atoms with Crippen LogP contribution in [0, 0.1) is 11.7 Å². The van der Waals surface area contributed by atoms with Gasteiger partial charge in [-0.3, -0.25) is 9.59 Å². The van der Waals surface area contributed by atoms with E-state index in [1.807, 2.05) is 6.07 Å². The van der Waals surface area contributed by atoms with Crippen LogP contribution in [-0.2, 0) is 19.7 Å². The van der Waals surface area contributed by atoms with Crippen LogP contribution in [0.5, 0.6) is 0 Å². The zero-order valence-corrected chi connectivity index (χ0v) is 14.9. The third kappa shape index (κ3) is 3.96. The van der Waals surface area contributed by atoms with Crippen LogP contribution in [0.2, 0.25) is 0 Å². The molecule has 2 aliphatic heterocycles. The van der Waals surface area contributed by atoms with Crippen molar-refractivity contribution in [3.05, 3.63) is 48.3 Å². The highest BCUT2D eigenvalue weighted by atomic mass is 19.1. The van der Waals surface area contributed by atoms with Gasteiger partial charge in [-0.15, -0.1) is 6.58 Å². The first-order valence-electron chi connectivity index (χ1n) is 9.04. The molecule has 26 heavy (non-hydrogen) atoms. The molecule has 1 unspecified atom stereocenters. The normalized spacial score (nSPS) is 22.3. The molecule has 2 amide bonds. The summed E-state index contributed by atoms with van der Waals surface area (Å²) < 4.78 is 19.2. The molecule has 2 aliphatic rings. The van der Waals surface area contributed by atoms with Gasteiger partial charge in [-0.1, -0.05) is 18.2 Å². The fraction of sp³-hybridized carbons (Fsp3) is 0.500. The number of ether oxygens (including phenoxy) is 1. The molecular weight excluding hydrogens is 335 g/mol. The van der Waals surface area contributed by atoms with E-state index in [4.69, 9.17) is 4.74 Å². The first-order valence-corrected chi connectivity index (χ1v) is 9.04. The van der Waals surface area contributed by atoms with E-state index >= 15 is 0 Å². The zero-order valence-electron chi connectivity index (χ0n) is 14.9. The molecule has 1 N–H and O–H groups in total. The second-order valence-corrected chi connectivity index (χ2v) is 7.11. The Morgan fingerprint density at radius 2 is 2.19 bits per heavy atom. The molecule has 2 heterocycles. The molecule has 0 radical (unpaired) electrons. The number of carbonyl (C=O) groups is 2. The Bertz CT molecular complexity index is 685. The lowest BCUT2D eigenvalue weighted by Crippen LogP contribution is -2.46. The van der Waals surface area contributed by atoms with Crippen molar-refractivity contribution in [3.8, 4) is 0 Å². The van der Waals surface area contributed by atoms with Gasteiger partial charge in [0.15, 0.2) is 0 Å². The minimum atomic E-state index is -0.341. The summed E-state index contributed by atoms with van der Waals surface area (Å²) in [6.07, 6.45) is 3.35. The van der Waals surface area contributed by atoms with Crippen molar-refractivity contribution in [3.63, 3.8) is 0 Å². The highest BCUT2D eigenvalue weighted by Gasteiger charge is 2.38. The minimum absolute atomic E-state index is 0.0176. The first-order chi connectivity index (χ1) is 12.5. The maximum atomic E-state index is 13.7. The van der Waals surface area contributed by atoms with Gasteiger partial charge in [-0.05, 0) is 30.5 Å². The van der Waals surface area contributed by atoms with E-state index in [0.717, 1.165) is 18.4 Å². The predicted octanol–water partition coefficient (Wildman–Crippen LogP) is 2.02. The Labute approximate surface area is 153 Å². The molecule has 0 bridgehead atoms. The van der Waals surface area contributed by atoms with Gasteiger partial charge in [0.1, 0.15) is 5.82 Å². The molecule has 3 rings (SSSR count). The van der Waals surface area contributed by atoms with Gasteiger partial charge in [-0.25, -0.2) is 4.39 Å². The highest BCUT2D eigenvalue weighted by molar-refractivity contribution is 5.89. The lowest BCUT2D eigenvalue weighted by molar-refractivity contribution is -0.128. The smallest absolute Gasteiger partial charge is 0.225 e. The summed E-state index contributed by atoms with van der Waals surface area (Å²) in [5.74, 6) is -0.754. The molecule has 1 atom stereocenters. The minimum Gasteiger partial charge on any atom is -0.381 e. The van der Waals surface area contributed by atoms with E-state index in [-0.39, 0.29) is 35.4 Å². The van der Waals surface area contributed by atoms with Crippen LogP contribution in [0.25, 0.3) is 0 Å². The number of carbonyl (C=O) groups excluding carboxylic acids is 2. The Hall–Kier alpha value is -2.21. The Morgan fingerprint density at radius 1 is 1.42 bits per heavy atom. The fourth-order valence-corrected chi connectivity index (χ4v) is 3.83. The second-order valence-electron chi connectivity index (χ2n) is 7.11. The van der Waals surface area contributed by atoms with Crippen LogP contribution >= 0.6 is 0 Å². The van der Waals surface area contributed by atoms with Gasteiger partial charge in [0.25, 0.3) is 0 Å². The van der Waals surface area contributed by atoms with E-state index in [2.05, 4.69) is 11.9 Å².